The first-order valence-corrected chi connectivity index (χ1v) is 8.14. The molecule has 0 saturated heterocycles. The second-order valence-corrected chi connectivity index (χ2v) is 5.97. The molecule has 0 spiro atoms. The molecule has 0 amide bonds. The van der Waals surface area contributed by atoms with Gasteiger partial charge >= 0.3 is 5.97 Å². The van der Waals surface area contributed by atoms with E-state index in [4.69, 9.17) is 9.47 Å². The van der Waals surface area contributed by atoms with Crippen LogP contribution in [-0.2, 0) is 9.47 Å². The highest BCUT2D eigenvalue weighted by molar-refractivity contribution is 5.89. The Labute approximate surface area is 133 Å². The summed E-state index contributed by atoms with van der Waals surface area (Å²) in [5.41, 5.74) is 2.96. The Bertz CT molecular complexity index is 516. The van der Waals surface area contributed by atoms with Crippen LogP contribution in [0.15, 0.2) is 35.9 Å². The normalized spacial score (nSPS) is 19.4. The lowest BCUT2D eigenvalue weighted by Crippen LogP contribution is -2.25. The van der Waals surface area contributed by atoms with Gasteiger partial charge in [-0.05, 0) is 54.9 Å². The quantitative estimate of drug-likeness (QED) is 0.574. The van der Waals surface area contributed by atoms with Gasteiger partial charge in [-0.1, -0.05) is 32.1 Å². The SMILES string of the molecule is CCC(C)c1ccc(C(=O)OC2CCCC=C2COC)cc1. The summed E-state index contributed by atoms with van der Waals surface area (Å²) < 4.78 is 10.9. The van der Waals surface area contributed by atoms with Crippen molar-refractivity contribution in [1.82, 2.24) is 0 Å². The smallest absolute Gasteiger partial charge is 0.338 e. The Morgan fingerprint density at radius 1 is 1.32 bits per heavy atom. The third kappa shape index (κ3) is 4.20. The van der Waals surface area contributed by atoms with Crippen LogP contribution in [0.4, 0.5) is 0 Å². The highest BCUT2D eigenvalue weighted by Crippen LogP contribution is 2.24. The summed E-state index contributed by atoms with van der Waals surface area (Å²) in [4.78, 5) is 12.3. The predicted octanol–water partition coefficient (Wildman–Crippen LogP) is 4.48. The van der Waals surface area contributed by atoms with Crippen molar-refractivity contribution < 1.29 is 14.3 Å². The highest BCUT2D eigenvalue weighted by Gasteiger charge is 2.22. The van der Waals surface area contributed by atoms with E-state index in [0.29, 0.717) is 18.1 Å². The minimum absolute atomic E-state index is 0.143. The summed E-state index contributed by atoms with van der Waals surface area (Å²) >= 11 is 0. The van der Waals surface area contributed by atoms with Crippen LogP contribution < -0.4 is 0 Å². The largest absolute Gasteiger partial charge is 0.454 e. The lowest BCUT2D eigenvalue weighted by Gasteiger charge is -2.24. The maximum absolute atomic E-state index is 12.3. The van der Waals surface area contributed by atoms with Gasteiger partial charge in [0.1, 0.15) is 6.10 Å². The number of hydrogen-bond acceptors (Lipinski definition) is 3. The first kappa shape index (κ1) is 16.8. The van der Waals surface area contributed by atoms with E-state index in [1.54, 1.807) is 7.11 Å². The van der Waals surface area contributed by atoms with Crippen molar-refractivity contribution in [3.8, 4) is 0 Å². The van der Waals surface area contributed by atoms with Gasteiger partial charge in [-0.3, -0.25) is 0 Å². The van der Waals surface area contributed by atoms with Crippen molar-refractivity contribution >= 4 is 5.97 Å². The molecule has 1 aromatic carbocycles. The van der Waals surface area contributed by atoms with Crippen LogP contribution in [0, 0.1) is 0 Å². The molecule has 2 rings (SSSR count). The molecule has 2 unspecified atom stereocenters. The second-order valence-electron chi connectivity index (χ2n) is 5.97. The van der Waals surface area contributed by atoms with Gasteiger partial charge in [0.15, 0.2) is 0 Å². The van der Waals surface area contributed by atoms with Crippen LogP contribution in [0.25, 0.3) is 0 Å². The fourth-order valence-electron chi connectivity index (χ4n) is 2.74. The highest BCUT2D eigenvalue weighted by atomic mass is 16.5. The van der Waals surface area contributed by atoms with Gasteiger partial charge < -0.3 is 9.47 Å². The fraction of sp³-hybridized carbons (Fsp3) is 0.526. The summed E-state index contributed by atoms with van der Waals surface area (Å²) in [6.07, 6.45) is 6.06. The molecule has 1 aliphatic carbocycles. The van der Waals surface area contributed by atoms with Crippen LogP contribution in [0.5, 0.6) is 0 Å². The van der Waals surface area contributed by atoms with Crippen LogP contribution in [0.3, 0.4) is 0 Å². The standard InChI is InChI=1S/C19H26O3/c1-4-14(2)15-9-11-16(12-10-15)19(20)22-18-8-6-5-7-17(18)13-21-3/h7,9-12,14,18H,4-6,8,13H2,1-3H3. The number of rotatable bonds is 6. The Kier molecular flexibility index (Phi) is 6.20. The molecule has 0 radical (unpaired) electrons. The van der Waals surface area contributed by atoms with E-state index in [-0.39, 0.29) is 12.1 Å². The molecule has 0 fully saturated rings. The summed E-state index contributed by atoms with van der Waals surface area (Å²) in [7, 11) is 1.67. The number of benzene rings is 1. The first-order valence-electron chi connectivity index (χ1n) is 8.14. The third-order valence-electron chi connectivity index (χ3n) is 4.38. The zero-order valence-electron chi connectivity index (χ0n) is 13.8. The summed E-state index contributed by atoms with van der Waals surface area (Å²) in [6.45, 7) is 4.89. The number of hydrogen-bond donors (Lipinski definition) is 0. The molecule has 22 heavy (non-hydrogen) atoms. The maximum atomic E-state index is 12.3. The minimum atomic E-state index is -0.246. The molecule has 2 atom stereocenters. The van der Waals surface area contributed by atoms with Gasteiger partial charge in [0.05, 0.1) is 12.2 Å². The minimum Gasteiger partial charge on any atom is -0.454 e. The van der Waals surface area contributed by atoms with Gasteiger partial charge in [-0.25, -0.2) is 4.79 Å². The van der Waals surface area contributed by atoms with Crippen molar-refractivity contribution in [2.24, 2.45) is 0 Å². The zero-order chi connectivity index (χ0) is 15.9. The van der Waals surface area contributed by atoms with E-state index in [1.165, 1.54) is 5.56 Å². The molecular formula is C19H26O3. The van der Waals surface area contributed by atoms with Crippen LogP contribution in [0.2, 0.25) is 0 Å². The van der Waals surface area contributed by atoms with E-state index >= 15 is 0 Å². The Morgan fingerprint density at radius 3 is 2.68 bits per heavy atom. The zero-order valence-corrected chi connectivity index (χ0v) is 13.8. The van der Waals surface area contributed by atoms with E-state index in [0.717, 1.165) is 31.3 Å². The number of carbonyl (C=O) groups excluding carboxylic acids is 1. The first-order chi connectivity index (χ1) is 10.7. The molecule has 3 heteroatoms. The van der Waals surface area contributed by atoms with Crippen molar-refractivity contribution in [1.29, 1.82) is 0 Å². The van der Waals surface area contributed by atoms with E-state index in [1.807, 2.05) is 24.3 Å². The maximum Gasteiger partial charge on any atom is 0.338 e. The van der Waals surface area contributed by atoms with Crippen molar-refractivity contribution in [2.75, 3.05) is 13.7 Å². The van der Waals surface area contributed by atoms with Crippen molar-refractivity contribution in [3.05, 3.63) is 47.0 Å². The lowest BCUT2D eigenvalue weighted by atomic mass is 9.96. The molecule has 0 heterocycles. The predicted molar refractivity (Wildman–Crippen MR) is 88.2 cm³/mol. The lowest BCUT2D eigenvalue weighted by molar-refractivity contribution is 0.0315. The van der Waals surface area contributed by atoms with Crippen molar-refractivity contribution in [3.63, 3.8) is 0 Å². The molecule has 0 bridgehead atoms. The number of methoxy groups -OCH3 is 1. The fourth-order valence-corrected chi connectivity index (χ4v) is 2.74. The molecule has 1 aliphatic rings. The topological polar surface area (TPSA) is 35.5 Å². The van der Waals surface area contributed by atoms with E-state index in [2.05, 4.69) is 19.9 Å². The van der Waals surface area contributed by atoms with Gasteiger partial charge in [-0.2, -0.15) is 0 Å². The summed E-state index contributed by atoms with van der Waals surface area (Å²) in [5, 5.41) is 0. The molecule has 0 N–H and O–H groups in total. The molecule has 120 valence electrons. The van der Waals surface area contributed by atoms with E-state index < -0.39 is 0 Å². The monoisotopic (exact) mass is 302 g/mol. The van der Waals surface area contributed by atoms with Crippen molar-refractivity contribution in [2.45, 2.75) is 51.6 Å². The third-order valence-corrected chi connectivity index (χ3v) is 4.38. The summed E-state index contributed by atoms with van der Waals surface area (Å²) in [6, 6.07) is 7.79. The van der Waals surface area contributed by atoms with Crippen LogP contribution >= 0.6 is 0 Å². The molecule has 0 saturated carbocycles. The molecular weight excluding hydrogens is 276 g/mol. The number of allylic oxidation sites excluding steroid dienone is 1. The Balaban J connectivity index is 2.02. The molecule has 0 aliphatic heterocycles. The number of ether oxygens (including phenoxy) is 2. The Morgan fingerprint density at radius 2 is 2.05 bits per heavy atom. The Hall–Kier alpha value is -1.61. The van der Waals surface area contributed by atoms with Gasteiger partial charge in [0.2, 0.25) is 0 Å². The second kappa shape index (κ2) is 8.14. The van der Waals surface area contributed by atoms with Crippen LogP contribution in [0.1, 0.15) is 61.4 Å². The molecule has 0 aromatic heterocycles. The molecule has 3 nitrogen and oxygen atoms in total. The molecule has 1 aromatic rings. The summed E-state index contributed by atoms with van der Waals surface area (Å²) in [5.74, 6) is 0.268. The number of carbonyl (C=O) groups is 1. The van der Waals surface area contributed by atoms with Gasteiger partial charge in [-0.15, -0.1) is 0 Å². The van der Waals surface area contributed by atoms with Crippen LogP contribution in [-0.4, -0.2) is 25.8 Å². The van der Waals surface area contributed by atoms with Gasteiger partial charge in [0.25, 0.3) is 0 Å². The van der Waals surface area contributed by atoms with Gasteiger partial charge in [0, 0.05) is 7.11 Å². The number of esters is 1. The average Bonchev–Trinajstić information content (AvgIpc) is 2.56. The average molecular weight is 302 g/mol. The van der Waals surface area contributed by atoms with E-state index in [9.17, 15) is 4.79 Å².